The third kappa shape index (κ3) is 3.89. The van der Waals surface area contributed by atoms with Crippen LogP contribution in [0, 0.1) is 5.82 Å². The van der Waals surface area contributed by atoms with Gasteiger partial charge >= 0.3 is 5.97 Å². The van der Waals surface area contributed by atoms with E-state index in [0.717, 1.165) is 16.5 Å². The molecular formula is C21H19FN2O4. The number of amides is 1. The van der Waals surface area contributed by atoms with E-state index in [9.17, 15) is 14.0 Å². The van der Waals surface area contributed by atoms with E-state index in [1.54, 1.807) is 23.1 Å². The molecule has 6 nitrogen and oxygen atoms in total. The van der Waals surface area contributed by atoms with E-state index in [1.165, 1.54) is 12.1 Å². The molecule has 2 aromatic carbocycles. The molecule has 2 heterocycles. The molecule has 1 fully saturated rings. The number of ether oxygens (including phenoxy) is 2. The SMILES string of the molecule is O=C(OCC(=O)N1CCO[C@@H](c2ccc(F)cc2)C1)c1cc2ccccc2[nH]1. The van der Waals surface area contributed by atoms with E-state index >= 15 is 0 Å². The molecule has 1 N–H and O–H groups in total. The van der Waals surface area contributed by atoms with Crippen LogP contribution in [-0.2, 0) is 14.3 Å². The molecular weight excluding hydrogens is 363 g/mol. The Kier molecular flexibility index (Phi) is 5.08. The molecule has 0 bridgehead atoms. The van der Waals surface area contributed by atoms with Gasteiger partial charge in [0.1, 0.15) is 17.6 Å². The molecule has 1 aliphatic rings. The normalized spacial score (nSPS) is 16.9. The quantitative estimate of drug-likeness (QED) is 0.704. The molecule has 0 saturated carbocycles. The molecule has 0 radical (unpaired) electrons. The predicted molar refractivity (Wildman–Crippen MR) is 100 cm³/mol. The van der Waals surface area contributed by atoms with E-state index in [1.807, 2.05) is 24.3 Å². The number of carbonyl (C=O) groups excluding carboxylic acids is 2. The first-order valence-electron chi connectivity index (χ1n) is 9.00. The number of hydrogen-bond acceptors (Lipinski definition) is 4. The van der Waals surface area contributed by atoms with Crippen LogP contribution < -0.4 is 0 Å². The third-order valence-electron chi connectivity index (χ3n) is 4.74. The lowest BCUT2D eigenvalue weighted by Gasteiger charge is -2.33. The first-order chi connectivity index (χ1) is 13.6. The Bertz CT molecular complexity index is 966. The molecule has 0 spiro atoms. The second-order valence-electron chi connectivity index (χ2n) is 6.60. The van der Waals surface area contributed by atoms with Crippen molar-refractivity contribution in [1.29, 1.82) is 0 Å². The number of nitrogens with one attached hydrogen (secondary N) is 1. The molecule has 3 aromatic rings. The van der Waals surface area contributed by atoms with Crippen LogP contribution >= 0.6 is 0 Å². The third-order valence-corrected chi connectivity index (χ3v) is 4.74. The summed E-state index contributed by atoms with van der Waals surface area (Å²) in [4.78, 5) is 29.3. The first kappa shape index (κ1) is 18.2. The maximum atomic E-state index is 13.1. The van der Waals surface area contributed by atoms with Crippen LogP contribution in [0.2, 0.25) is 0 Å². The van der Waals surface area contributed by atoms with E-state index in [4.69, 9.17) is 9.47 Å². The van der Waals surface area contributed by atoms with Gasteiger partial charge in [-0.15, -0.1) is 0 Å². The summed E-state index contributed by atoms with van der Waals surface area (Å²) in [5.74, 6) is -1.19. The monoisotopic (exact) mass is 382 g/mol. The Morgan fingerprint density at radius 2 is 1.96 bits per heavy atom. The molecule has 1 amide bonds. The Hall–Kier alpha value is -3.19. The average Bonchev–Trinajstić information content (AvgIpc) is 3.17. The zero-order valence-electron chi connectivity index (χ0n) is 15.1. The van der Waals surface area contributed by atoms with Crippen molar-refractivity contribution in [2.75, 3.05) is 26.3 Å². The molecule has 0 aliphatic carbocycles. The van der Waals surface area contributed by atoms with Crippen molar-refractivity contribution in [2.45, 2.75) is 6.10 Å². The number of para-hydroxylation sites is 1. The largest absolute Gasteiger partial charge is 0.451 e. The standard InChI is InChI=1S/C21H19FN2O4/c22-16-7-5-14(6-8-16)19-12-24(9-10-27-19)20(25)13-28-21(26)18-11-15-3-1-2-4-17(15)23-18/h1-8,11,19,23H,9-10,12-13H2/t19-/m1/s1. The predicted octanol–water partition coefficient (Wildman–Crippen LogP) is 3.06. The maximum Gasteiger partial charge on any atom is 0.355 e. The van der Waals surface area contributed by atoms with Gasteiger partial charge in [-0.25, -0.2) is 9.18 Å². The Balaban J connectivity index is 1.35. The van der Waals surface area contributed by atoms with Gasteiger partial charge in [0.25, 0.3) is 5.91 Å². The molecule has 7 heteroatoms. The summed E-state index contributed by atoms with van der Waals surface area (Å²) in [5.41, 5.74) is 1.94. The topological polar surface area (TPSA) is 71.6 Å². The number of rotatable bonds is 4. The van der Waals surface area contributed by atoms with Crippen LogP contribution in [0.3, 0.4) is 0 Å². The van der Waals surface area contributed by atoms with Crippen molar-refractivity contribution in [2.24, 2.45) is 0 Å². The summed E-state index contributed by atoms with van der Waals surface area (Å²) < 4.78 is 23.9. The second kappa shape index (κ2) is 7.82. The van der Waals surface area contributed by atoms with Gasteiger partial charge in [-0.05, 0) is 29.8 Å². The van der Waals surface area contributed by atoms with E-state index < -0.39 is 5.97 Å². The average molecular weight is 382 g/mol. The van der Waals surface area contributed by atoms with Crippen molar-refractivity contribution in [3.8, 4) is 0 Å². The highest BCUT2D eigenvalue weighted by Crippen LogP contribution is 2.22. The van der Waals surface area contributed by atoms with Gasteiger partial charge in [0, 0.05) is 17.4 Å². The summed E-state index contributed by atoms with van der Waals surface area (Å²) in [6.07, 6.45) is -0.331. The summed E-state index contributed by atoms with van der Waals surface area (Å²) >= 11 is 0. The number of aromatic amines is 1. The lowest BCUT2D eigenvalue weighted by atomic mass is 10.1. The van der Waals surface area contributed by atoms with Gasteiger partial charge in [0.2, 0.25) is 0 Å². The maximum absolute atomic E-state index is 13.1. The molecule has 28 heavy (non-hydrogen) atoms. The molecule has 1 aliphatic heterocycles. The molecule has 1 aromatic heterocycles. The van der Waals surface area contributed by atoms with Crippen molar-refractivity contribution >= 4 is 22.8 Å². The van der Waals surface area contributed by atoms with E-state index in [2.05, 4.69) is 4.98 Å². The minimum atomic E-state index is -0.576. The number of morpholine rings is 1. The first-order valence-corrected chi connectivity index (χ1v) is 9.00. The fraction of sp³-hybridized carbons (Fsp3) is 0.238. The molecule has 4 rings (SSSR count). The highest BCUT2D eigenvalue weighted by atomic mass is 19.1. The van der Waals surface area contributed by atoms with Crippen molar-refractivity contribution in [3.05, 3.63) is 71.7 Å². The number of benzene rings is 2. The van der Waals surface area contributed by atoms with E-state index in [0.29, 0.717) is 25.4 Å². The van der Waals surface area contributed by atoms with Gasteiger partial charge in [0.15, 0.2) is 6.61 Å². The number of H-pyrrole nitrogens is 1. The van der Waals surface area contributed by atoms with Gasteiger partial charge in [-0.1, -0.05) is 30.3 Å². The van der Waals surface area contributed by atoms with Gasteiger partial charge in [-0.2, -0.15) is 0 Å². The Labute approximate surface area is 160 Å². The highest BCUT2D eigenvalue weighted by molar-refractivity contribution is 5.95. The van der Waals surface area contributed by atoms with Crippen LogP contribution in [0.5, 0.6) is 0 Å². The Morgan fingerprint density at radius 1 is 1.18 bits per heavy atom. The number of carbonyl (C=O) groups is 2. The number of hydrogen-bond donors (Lipinski definition) is 1. The van der Waals surface area contributed by atoms with Crippen LogP contribution in [0.1, 0.15) is 22.2 Å². The number of fused-ring (bicyclic) bond motifs is 1. The highest BCUT2D eigenvalue weighted by Gasteiger charge is 2.26. The summed E-state index contributed by atoms with van der Waals surface area (Å²) in [6.45, 7) is 0.767. The zero-order valence-corrected chi connectivity index (χ0v) is 15.1. The fourth-order valence-corrected chi connectivity index (χ4v) is 3.23. The van der Waals surface area contributed by atoms with Crippen LogP contribution in [0.25, 0.3) is 10.9 Å². The second-order valence-corrected chi connectivity index (χ2v) is 6.60. The smallest absolute Gasteiger partial charge is 0.355 e. The van der Waals surface area contributed by atoms with Crippen molar-refractivity contribution in [1.82, 2.24) is 9.88 Å². The number of halogens is 1. The van der Waals surface area contributed by atoms with Crippen LogP contribution in [0.15, 0.2) is 54.6 Å². The lowest BCUT2D eigenvalue weighted by molar-refractivity contribution is -0.142. The van der Waals surface area contributed by atoms with Crippen molar-refractivity contribution < 1.29 is 23.5 Å². The van der Waals surface area contributed by atoms with Crippen LogP contribution in [0.4, 0.5) is 4.39 Å². The van der Waals surface area contributed by atoms with Crippen LogP contribution in [-0.4, -0.2) is 48.1 Å². The number of aromatic nitrogens is 1. The summed E-state index contributed by atoms with van der Waals surface area (Å²) in [6, 6.07) is 15.2. The fourth-order valence-electron chi connectivity index (χ4n) is 3.23. The van der Waals surface area contributed by atoms with Gasteiger partial charge < -0.3 is 19.4 Å². The summed E-state index contributed by atoms with van der Waals surface area (Å²) in [5, 5.41) is 0.899. The number of esters is 1. The summed E-state index contributed by atoms with van der Waals surface area (Å²) in [7, 11) is 0. The lowest BCUT2D eigenvalue weighted by Crippen LogP contribution is -2.44. The van der Waals surface area contributed by atoms with Gasteiger partial charge in [0.05, 0.1) is 13.2 Å². The molecule has 0 unspecified atom stereocenters. The molecule has 144 valence electrons. The van der Waals surface area contributed by atoms with E-state index in [-0.39, 0.29) is 24.4 Å². The molecule has 1 saturated heterocycles. The minimum absolute atomic E-state index is 0.292. The Morgan fingerprint density at radius 3 is 2.75 bits per heavy atom. The van der Waals surface area contributed by atoms with Crippen molar-refractivity contribution in [3.63, 3.8) is 0 Å². The minimum Gasteiger partial charge on any atom is -0.451 e. The van der Waals surface area contributed by atoms with Gasteiger partial charge in [-0.3, -0.25) is 4.79 Å². The molecule has 1 atom stereocenters. The zero-order chi connectivity index (χ0) is 19.5. The number of nitrogens with zero attached hydrogens (tertiary/aromatic N) is 1.